The molecule has 0 aromatic heterocycles. The fourth-order valence-electron chi connectivity index (χ4n) is 5.79. The summed E-state index contributed by atoms with van der Waals surface area (Å²) in [5.41, 5.74) is -3.04. The van der Waals surface area contributed by atoms with Crippen LogP contribution in [-0.4, -0.2) is 50.4 Å². The molecule has 22 heteroatoms. The lowest BCUT2D eigenvalue weighted by molar-refractivity contribution is -0.0978. The molecule has 0 fully saturated rings. The third kappa shape index (κ3) is 7.82. The van der Waals surface area contributed by atoms with Crippen LogP contribution in [0, 0.1) is 29.5 Å². The molecule has 0 unspecified atom stereocenters. The molecule has 2 aliphatic rings. The van der Waals surface area contributed by atoms with Crippen LogP contribution in [0.1, 0.15) is 40.0 Å². The zero-order valence-corrected chi connectivity index (χ0v) is 29.0. The number of aliphatic hydroxyl groups excluding tert-OH is 2. The normalized spacial score (nSPS) is 18.0. The van der Waals surface area contributed by atoms with Crippen molar-refractivity contribution in [3.8, 4) is 29.1 Å². The molecule has 4 aromatic rings. The van der Waals surface area contributed by atoms with E-state index in [1.807, 2.05) is 0 Å². The molecule has 0 aliphatic heterocycles. The number of benzene rings is 4. The largest absolute Gasteiger partial charge is 0.458 e. The average molecular weight is 839 g/mol. The van der Waals surface area contributed by atoms with E-state index in [0.29, 0.717) is 12.1 Å². The van der Waals surface area contributed by atoms with Crippen molar-refractivity contribution < 1.29 is 80.4 Å². The lowest BCUT2D eigenvalue weighted by atomic mass is 10.1. The van der Waals surface area contributed by atoms with Crippen LogP contribution >= 0.6 is 0 Å². The van der Waals surface area contributed by atoms with Crippen LogP contribution in [0.5, 0.6) is 23.0 Å². The van der Waals surface area contributed by atoms with Gasteiger partial charge in [0.1, 0.15) is 46.8 Å². The number of hydrogen-bond donors (Lipinski definition) is 2. The minimum Gasteiger partial charge on any atom is -0.458 e. The number of sulfone groups is 2. The van der Waals surface area contributed by atoms with Crippen LogP contribution in [-0.2, 0) is 32.5 Å². The van der Waals surface area contributed by atoms with Gasteiger partial charge in [-0.15, -0.1) is 0 Å². The van der Waals surface area contributed by atoms with Crippen LogP contribution in [0.15, 0.2) is 70.5 Å². The Balaban J connectivity index is 0.000000214. The van der Waals surface area contributed by atoms with Gasteiger partial charge in [-0.25, -0.2) is 48.0 Å². The molecule has 56 heavy (non-hydrogen) atoms. The highest BCUT2D eigenvalue weighted by Crippen LogP contribution is 2.52. The predicted molar refractivity (Wildman–Crippen MR) is 170 cm³/mol. The number of ether oxygens (including phenoxy) is 2. The molecule has 0 heterocycles. The van der Waals surface area contributed by atoms with Crippen molar-refractivity contribution in [2.24, 2.45) is 0 Å². The quantitative estimate of drug-likeness (QED) is 0.132. The van der Waals surface area contributed by atoms with Gasteiger partial charge in [-0.2, -0.15) is 22.8 Å². The van der Waals surface area contributed by atoms with Crippen molar-refractivity contribution in [3.05, 3.63) is 112 Å². The average Bonchev–Trinajstić information content (AvgIpc) is 3.50. The fourth-order valence-corrected chi connectivity index (χ4v) is 7.77. The first-order chi connectivity index (χ1) is 25.9. The van der Waals surface area contributed by atoms with Crippen molar-refractivity contribution in [2.45, 2.75) is 58.2 Å². The molecule has 0 radical (unpaired) electrons. The highest BCUT2D eigenvalue weighted by Gasteiger charge is 2.52. The Kier molecular flexibility index (Phi) is 11.1. The summed E-state index contributed by atoms with van der Waals surface area (Å²) in [5, 5.41) is 28.5. The topological polar surface area (TPSA) is 155 Å². The Hall–Kier alpha value is -5.42. The molecule has 2 atom stereocenters. The summed E-state index contributed by atoms with van der Waals surface area (Å²) in [6, 6.07) is 10.3. The van der Waals surface area contributed by atoms with Gasteiger partial charge in [-0.3, -0.25) is 0 Å². The Bertz CT molecular complexity index is 2370. The summed E-state index contributed by atoms with van der Waals surface area (Å²) < 4.78 is 193. The summed E-state index contributed by atoms with van der Waals surface area (Å²) >= 11 is 0. The van der Waals surface area contributed by atoms with Crippen LogP contribution in [0.2, 0.25) is 0 Å². The molecule has 0 saturated carbocycles. The number of alkyl halides is 8. The zero-order valence-electron chi connectivity index (χ0n) is 27.3. The molecule has 6 rings (SSSR count). The van der Waals surface area contributed by atoms with Crippen LogP contribution in [0.4, 0.5) is 49.6 Å². The van der Waals surface area contributed by atoms with E-state index in [0.717, 1.165) is 48.5 Å². The first-order valence-corrected chi connectivity index (χ1v) is 18.3. The molecule has 296 valence electrons. The fraction of sp³-hybridized carbons (Fsp3) is 0.235. The second-order valence-electron chi connectivity index (χ2n) is 11.9. The van der Waals surface area contributed by atoms with E-state index < -0.39 is 112 Å². The first kappa shape index (κ1) is 41.7. The molecular weight excluding hydrogens is 818 g/mol. The number of nitrogens with zero attached hydrogens (tertiary/aromatic N) is 2. The number of halogens is 10. The third-order valence-electron chi connectivity index (χ3n) is 8.24. The van der Waals surface area contributed by atoms with Gasteiger partial charge in [0.05, 0.1) is 28.0 Å². The maximum atomic E-state index is 14.0. The molecular formula is C34H20F10N2O8S2. The van der Waals surface area contributed by atoms with E-state index in [2.05, 4.69) is 4.85 Å². The molecule has 0 spiro atoms. The molecule has 10 nitrogen and oxygen atoms in total. The first-order valence-electron chi connectivity index (χ1n) is 15.2. The van der Waals surface area contributed by atoms with E-state index in [-0.39, 0.29) is 34.2 Å². The number of hydrogen-bond acceptors (Lipinski definition) is 9. The predicted octanol–water partition coefficient (Wildman–Crippen LogP) is 8.10. The summed E-state index contributed by atoms with van der Waals surface area (Å²) in [4.78, 5) is 0.753. The SMILES string of the molecule is N#Cc1cc(F)cc(Oc2ccc(S(=O)(=O)C(F)F)c3c2CC(F)(F)[C@H]3O)c1.[C-]#[N+]c1cc(F)cc(Oc2ccc(S(=O)(=O)C(F)F)c3c2CC(F)(F)[C@H]3O)c1. The third-order valence-corrected chi connectivity index (χ3v) is 11.1. The van der Waals surface area contributed by atoms with Crippen LogP contribution in [0.25, 0.3) is 4.85 Å². The van der Waals surface area contributed by atoms with Gasteiger partial charge in [0.15, 0.2) is 5.69 Å². The summed E-state index contributed by atoms with van der Waals surface area (Å²) in [6.45, 7) is 6.89. The monoisotopic (exact) mass is 838 g/mol. The smallest absolute Gasteiger partial charge is 0.341 e. The highest BCUT2D eigenvalue weighted by atomic mass is 32.2. The second-order valence-corrected chi connectivity index (χ2v) is 15.7. The maximum Gasteiger partial charge on any atom is 0.341 e. The van der Waals surface area contributed by atoms with Crippen LogP contribution in [0.3, 0.4) is 0 Å². The van der Waals surface area contributed by atoms with E-state index >= 15 is 0 Å². The Morgan fingerprint density at radius 1 is 0.714 bits per heavy atom. The van der Waals surface area contributed by atoms with E-state index in [1.165, 1.54) is 0 Å². The van der Waals surface area contributed by atoms with Crippen molar-refractivity contribution >= 4 is 25.4 Å². The summed E-state index contributed by atoms with van der Waals surface area (Å²) in [5.74, 6) is -18.4. The van der Waals surface area contributed by atoms with Gasteiger partial charge < -0.3 is 19.7 Å². The number of nitriles is 1. The minimum absolute atomic E-state index is 0.131. The Morgan fingerprint density at radius 2 is 1.12 bits per heavy atom. The van der Waals surface area contributed by atoms with E-state index in [1.54, 1.807) is 6.07 Å². The highest BCUT2D eigenvalue weighted by molar-refractivity contribution is 7.92. The van der Waals surface area contributed by atoms with Gasteiger partial charge in [-0.1, -0.05) is 0 Å². The van der Waals surface area contributed by atoms with Gasteiger partial charge in [0.25, 0.3) is 11.8 Å². The second kappa shape index (κ2) is 14.9. The zero-order chi connectivity index (χ0) is 41.7. The lowest BCUT2D eigenvalue weighted by Gasteiger charge is -2.16. The lowest BCUT2D eigenvalue weighted by Crippen LogP contribution is -2.23. The standard InChI is InChI=1S/2C17H10F5NO4S/c1-23-9-4-8(18)5-10(6-9)27-12-2-3-13(28(25,26)16(19)20)14-11(12)7-17(21,22)15(14)24;18-9-3-8(7-23)4-10(5-9)27-12-1-2-13(28(25,26)16(19)20)14-11(12)6-17(21,22)15(14)24/h2-6,15-16,24H,7H2;1-5,15-16,24H,6H2/t2*15-/m00/s1. The van der Waals surface area contributed by atoms with Crippen molar-refractivity contribution in [1.82, 2.24) is 0 Å². The van der Waals surface area contributed by atoms with Gasteiger partial charge in [0.2, 0.25) is 19.7 Å². The molecule has 0 amide bonds. The summed E-state index contributed by atoms with van der Waals surface area (Å²) in [6.07, 6.45) is -7.62. The molecule has 2 aliphatic carbocycles. The van der Waals surface area contributed by atoms with E-state index in [4.69, 9.17) is 21.3 Å². The summed E-state index contributed by atoms with van der Waals surface area (Å²) in [7, 11) is -10.6. The number of aliphatic hydroxyl groups is 2. The van der Waals surface area contributed by atoms with E-state index in [9.17, 15) is 71.0 Å². The number of fused-ring (bicyclic) bond motifs is 2. The van der Waals surface area contributed by atoms with Crippen molar-refractivity contribution in [2.75, 3.05) is 0 Å². The van der Waals surface area contributed by atoms with Gasteiger partial charge in [0, 0.05) is 47.2 Å². The molecule has 0 bridgehead atoms. The van der Waals surface area contributed by atoms with Crippen molar-refractivity contribution in [1.29, 1.82) is 5.26 Å². The Morgan fingerprint density at radius 3 is 1.52 bits per heavy atom. The molecule has 4 aromatic carbocycles. The van der Waals surface area contributed by atoms with Gasteiger partial charge in [-0.05, 0) is 48.5 Å². The molecule has 0 saturated heterocycles. The van der Waals surface area contributed by atoms with Gasteiger partial charge >= 0.3 is 11.5 Å². The van der Waals surface area contributed by atoms with Crippen molar-refractivity contribution in [3.63, 3.8) is 0 Å². The Labute approximate surface area is 309 Å². The molecule has 2 N–H and O–H groups in total. The maximum absolute atomic E-state index is 14.0. The van der Waals surface area contributed by atoms with Crippen LogP contribution < -0.4 is 9.47 Å². The minimum atomic E-state index is -5.28. The number of rotatable bonds is 8.